The Kier molecular flexibility index (Phi) is 8.06. The molecular weight excluding hydrogens is 429 g/mol. The molecule has 0 fully saturated rings. The van der Waals surface area contributed by atoms with E-state index in [-0.39, 0.29) is 19.0 Å². The van der Waals surface area contributed by atoms with Gasteiger partial charge in [0.2, 0.25) is 0 Å². The molecule has 0 N–H and O–H groups in total. The van der Waals surface area contributed by atoms with Gasteiger partial charge in [0.05, 0.1) is 23.9 Å². The van der Waals surface area contributed by atoms with Crippen molar-refractivity contribution in [3.8, 4) is 17.6 Å². The Balaban J connectivity index is 0.00000341. The molecule has 0 aliphatic rings. The van der Waals surface area contributed by atoms with Gasteiger partial charge in [-0.15, -0.1) is 12.4 Å². The summed E-state index contributed by atoms with van der Waals surface area (Å²) in [7, 11) is 1.46. The van der Waals surface area contributed by atoms with Crippen molar-refractivity contribution in [3.63, 3.8) is 0 Å². The number of hydrogen-bond acceptors (Lipinski definition) is 4. The van der Waals surface area contributed by atoms with Crippen LogP contribution in [0.5, 0.6) is 11.5 Å². The molecular formula is C23H18ClF3N2O2. The number of pyridine rings is 1. The quantitative estimate of drug-likeness (QED) is 0.425. The van der Waals surface area contributed by atoms with Crippen LogP contribution < -0.4 is 9.47 Å². The second-order valence-electron chi connectivity index (χ2n) is 6.28. The highest BCUT2D eigenvalue weighted by Gasteiger charge is 2.30. The molecule has 4 nitrogen and oxygen atoms in total. The van der Waals surface area contributed by atoms with Crippen molar-refractivity contribution in [2.45, 2.75) is 12.8 Å². The van der Waals surface area contributed by atoms with E-state index in [1.165, 1.54) is 13.2 Å². The fraction of sp³-hybridized carbons (Fsp3) is 0.130. The van der Waals surface area contributed by atoms with Crippen LogP contribution in [-0.2, 0) is 12.8 Å². The number of benzene rings is 2. The molecule has 8 heteroatoms. The summed E-state index contributed by atoms with van der Waals surface area (Å²) in [6, 6.07) is 17.4. The normalized spacial score (nSPS) is 11.3. The highest BCUT2D eigenvalue weighted by Crippen LogP contribution is 2.32. The van der Waals surface area contributed by atoms with E-state index in [0.29, 0.717) is 33.9 Å². The van der Waals surface area contributed by atoms with Crippen LogP contribution in [0.3, 0.4) is 0 Å². The maximum Gasteiger partial charge on any atom is 0.416 e. The molecule has 0 atom stereocenters. The number of nitriles is 1. The van der Waals surface area contributed by atoms with Crippen molar-refractivity contribution >= 4 is 24.1 Å². The lowest BCUT2D eigenvalue weighted by atomic mass is 10.1. The summed E-state index contributed by atoms with van der Waals surface area (Å²) in [5, 5.41) is 9.42. The van der Waals surface area contributed by atoms with Crippen LogP contribution in [0.15, 0.2) is 66.9 Å². The van der Waals surface area contributed by atoms with Crippen molar-refractivity contribution in [2.75, 3.05) is 7.11 Å². The minimum Gasteiger partial charge on any atom is -0.493 e. The Bertz CT molecular complexity index is 1090. The summed E-state index contributed by atoms with van der Waals surface area (Å²) in [6.45, 7) is -0.0488. The first-order valence-electron chi connectivity index (χ1n) is 8.91. The zero-order valence-corrected chi connectivity index (χ0v) is 17.2. The van der Waals surface area contributed by atoms with Gasteiger partial charge in [-0.3, -0.25) is 4.98 Å². The third kappa shape index (κ3) is 6.24. The van der Waals surface area contributed by atoms with Gasteiger partial charge in [-0.1, -0.05) is 24.3 Å². The Morgan fingerprint density at radius 3 is 2.52 bits per heavy atom. The Morgan fingerprint density at radius 1 is 1.06 bits per heavy atom. The fourth-order valence-corrected chi connectivity index (χ4v) is 2.74. The molecule has 31 heavy (non-hydrogen) atoms. The largest absolute Gasteiger partial charge is 0.493 e. The number of alkyl halides is 3. The van der Waals surface area contributed by atoms with Gasteiger partial charge >= 0.3 is 6.18 Å². The van der Waals surface area contributed by atoms with Gasteiger partial charge < -0.3 is 9.47 Å². The van der Waals surface area contributed by atoms with Crippen molar-refractivity contribution in [3.05, 3.63) is 89.2 Å². The second kappa shape index (κ2) is 10.5. The van der Waals surface area contributed by atoms with E-state index in [0.717, 1.165) is 12.1 Å². The molecule has 0 saturated heterocycles. The van der Waals surface area contributed by atoms with Gasteiger partial charge in [-0.25, -0.2) is 0 Å². The number of aromatic nitrogens is 1. The zero-order valence-electron chi connectivity index (χ0n) is 16.4. The van der Waals surface area contributed by atoms with E-state index in [4.69, 9.17) is 9.47 Å². The molecule has 0 radical (unpaired) electrons. The smallest absolute Gasteiger partial charge is 0.416 e. The molecule has 1 aromatic heterocycles. The molecule has 3 aromatic rings. The Morgan fingerprint density at radius 2 is 1.87 bits per heavy atom. The third-order valence-corrected chi connectivity index (χ3v) is 4.21. The summed E-state index contributed by atoms with van der Waals surface area (Å²) >= 11 is 0. The SMILES string of the molecule is COc1cc(C=C(C#N)c2ccccn2)ccc1OCc1cccc(C(F)(F)F)c1.Cl. The van der Waals surface area contributed by atoms with Crippen LogP contribution in [0.1, 0.15) is 22.4 Å². The van der Waals surface area contributed by atoms with Crippen molar-refractivity contribution in [2.24, 2.45) is 0 Å². The summed E-state index contributed by atoms with van der Waals surface area (Å²) in [4.78, 5) is 4.17. The molecule has 0 bridgehead atoms. The number of ether oxygens (including phenoxy) is 2. The monoisotopic (exact) mass is 446 g/mol. The molecule has 1 heterocycles. The summed E-state index contributed by atoms with van der Waals surface area (Å²) in [5.41, 5.74) is 1.28. The number of hydrogen-bond donors (Lipinski definition) is 0. The number of methoxy groups -OCH3 is 1. The number of allylic oxidation sites excluding steroid dienone is 1. The van der Waals surface area contributed by atoms with Gasteiger partial charge in [-0.2, -0.15) is 18.4 Å². The third-order valence-electron chi connectivity index (χ3n) is 4.21. The van der Waals surface area contributed by atoms with Crippen molar-refractivity contribution < 1.29 is 22.6 Å². The standard InChI is InChI=1S/C23H17F3N2O2.ClH/c1-29-22-13-16(11-18(14-27)20-7-2-3-10-28-20)8-9-21(22)30-15-17-5-4-6-19(12-17)23(24,25)26;/h2-13H,15H2,1H3;1H. The Labute approximate surface area is 184 Å². The maximum absolute atomic E-state index is 12.9. The highest BCUT2D eigenvalue weighted by molar-refractivity contribution is 5.88. The predicted octanol–water partition coefficient (Wildman–Crippen LogP) is 6.17. The van der Waals surface area contributed by atoms with E-state index >= 15 is 0 Å². The van der Waals surface area contributed by atoms with Gasteiger partial charge in [-0.05, 0) is 53.6 Å². The van der Waals surface area contributed by atoms with Crippen LogP contribution in [0.25, 0.3) is 11.6 Å². The van der Waals surface area contributed by atoms with Crippen LogP contribution in [0, 0.1) is 11.3 Å². The molecule has 0 spiro atoms. The predicted molar refractivity (Wildman–Crippen MR) is 114 cm³/mol. The van der Waals surface area contributed by atoms with Gasteiger partial charge in [0, 0.05) is 6.20 Å². The van der Waals surface area contributed by atoms with Crippen molar-refractivity contribution in [1.82, 2.24) is 4.98 Å². The lowest BCUT2D eigenvalue weighted by Crippen LogP contribution is -2.06. The van der Waals surface area contributed by atoms with Gasteiger partial charge in [0.1, 0.15) is 12.7 Å². The van der Waals surface area contributed by atoms with E-state index < -0.39 is 11.7 Å². The molecule has 3 rings (SSSR count). The summed E-state index contributed by atoms with van der Waals surface area (Å²) in [6.07, 6.45) is -1.14. The zero-order chi connectivity index (χ0) is 21.6. The first-order valence-corrected chi connectivity index (χ1v) is 8.91. The summed E-state index contributed by atoms with van der Waals surface area (Å²) < 4.78 is 49.6. The first-order chi connectivity index (χ1) is 14.4. The van der Waals surface area contributed by atoms with Gasteiger partial charge in [0.25, 0.3) is 0 Å². The topological polar surface area (TPSA) is 55.1 Å². The van der Waals surface area contributed by atoms with Gasteiger partial charge in [0.15, 0.2) is 11.5 Å². The molecule has 0 aliphatic carbocycles. The summed E-state index contributed by atoms with van der Waals surface area (Å²) in [5.74, 6) is 0.775. The van der Waals surface area contributed by atoms with E-state index in [1.54, 1.807) is 54.7 Å². The highest BCUT2D eigenvalue weighted by atomic mass is 35.5. The average Bonchev–Trinajstić information content (AvgIpc) is 2.76. The minimum atomic E-state index is -4.41. The maximum atomic E-state index is 12.9. The lowest BCUT2D eigenvalue weighted by Gasteiger charge is -2.13. The Hall–Kier alpha value is -3.50. The molecule has 2 aromatic carbocycles. The van der Waals surface area contributed by atoms with Crippen LogP contribution in [-0.4, -0.2) is 12.1 Å². The van der Waals surface area contributed by atoms with E-state index in [2.05, 4.69) is 11.1 Å². The molecule has 0 amide bonds. The molecule has 0 saturated carbocycles. The average molecular weight is 447 g/mol. The van der Waals surface area contributed by atoms with Crippen LogP contribution >= 0.6 is 12.4 Å². The second-order valence-corrected chi connectivity index (χ2v) is 6.28. The van der Waals surface area contributed by atoms with E-state index in [9.17, 15) is 18.4 Å². The molecule has 0 aliphatic heterocycles. The fourth-order valence-electron chi connectivity index (χ4n) is 2.74. The van der Waals surface area contributed by atoms with Crippen LogP contribution in [0.4, 0.5) is 13.2 Å². The number of nitrogens with zero attached hydrogens (tertiary/aromatic N) is 2. The number of halogens is 4. The van der Waals surface area contributed by atoms with E-state index in [1.807, 2.05) is 0 Å². The molecule has 160 valence electrons. The number of rotatable bonds is 6. The van der Waals surface area contributed by atoms with Crippen molar-refractivity contribution in [1.29, 1.82) is 5.26 Å². The minimum absolute atomic E-state index is 0. The molecule has 0 unspecified atom stereocenters. The lowest BCUT2D eigenvalue weighted by molar-refractivity contribution is -0.137. The first kappa shape index (κ1) is 23.8. The van der Waals surface area contributed by atoms with Crippen LogP contribution in [0.2, 0.25) is 0 Å².